The average molecular weight is 1330 g/mol. The van der Waals surface area contributed by atoms with Gasteiger partial charge in [0.1, 0.15) is 18.2 Å². The second-order valence-corrected chi connectivity index (χ2v) is 19.8. The molecule has 0 saturated carbocycles. The molecule has 21 nitrogen and oxygen atoms in total. The van der Waals surface area contributed by atoms with E-state index < -0.39 is 115 Å². The molecule has 0 aliphatic rings. The van der Waals surface area contributed by atoms with Gasteiger partial charge in [-0.25, -0.2) is 38.0 Å². The summed E-state index contributed by atoms with van der Waals surface area (Å²) < 4.78 is 153. The minimum atomic E-state index is -6.00. The number of hydrazine groups is 2. The Kier molecular flexibility index (Phi) is 23.6. The number of rotatable bonds is 21. The number of benzene rings is 6. The summed E-state index contributed by atoms with van der Waals surface area (Å²) >= 11 is 11.9. The number of esters is 1. The number of hydrogen-bond donors (Lipinski definition) is 8. The Balaban J connectivity index is 0.000000258. The molecule has 0 fully saturated rings. The van der Waals surface area contributed by atoms with Gasteiger partial charge < -0.3 is 25.2 Å². The van der Waals surface area contributed by atoms with Gasteiger partial charge in [0, 0.05) is 34.3 Å². The lowest BCUT2D eigenvalue weighted by atomic mass is 10.0. The maximum atomic E-state index is 14.3. The Morgan fingerprint density at radius 1 is 0.560 bits per heavy atom. The smallest absolute Gasteiger partial charge is 0.456 e. The Bertz CT molecular complexity index is 3920. The molecule has 0 unspecified atom stereocenters. The number of aliphatic hydroxyl groups excluding tert-OH is 3. The molecular weight excluding hydrogens is 1290 g/mol. The minimum absolute atomic E-state index is 0.0159. The fourth-order valence-corrected chi connectivity index (χ4v) is 7.84. The van der Waals surface area contributed by atoms with Crippen molar-refractivity contribution in [2.75, 3.05) is 26.3 Å². The van der Waals surface area contributed by atoms with Crippen molar-refractivity contribution in [2.45, 2.75) is 49.5 Å². The number of H-pyrrole nitrogens is 2. The number of ether oxygens (including phenoxy) is 1. The first-order chi connectivity index (χ1) is 42.7. The van der Waals surface area contributed by atoms with Crippen LogP contribution in [0.2, 0.25) is 10.0 Å². The van der Waals surface area contributed by atoms with Gasteiger partial charge in [0.05, 0.1) is 24.5 Å². The summed E-state index contributed by atoms with van der Waals surface area (Å²) in [5.41, 5.74) is 6.60. The van der Waals surface area contributed by atoms with Crippen molar-refractivity contribution in [3.63, 3.8) is 0 Å². The molecule has 8 aromatic rings. The molecule has 8 N–H and O–H groups in total. The van der Waals surface area contributed by atoms with E-state index in [1.165, 1.54) is 65.7 Å². The van der Waals surface area contributed by atoms with Crippen molar-refractivity contribution in [1.82, 2.24) is 50.4 Å². The number of carboxylic acid groups (broad SMARTS) is 1. The number of para-hydroxylation sites is 2. The number of carboxylic acids is 1. The number of hydrogen-bond acceptors (Lipinski definition) is 14. The number of carbonyl (C=O) groups excluding carboxylic acids is 3. The van der Waals surface area contributed by atoms with Crippen LogP contribution in [0, 0.1) is 11.6 Å². The minimum Gasteiger partial charge on any atom is -0.479 e. The van der Waals surface area contributed by atoms with E-state index in [0.29, 0.717) is 44.2 Å². The number of nitrogens with one attached hydrogen (secondary N) is 4. The molecule has 0 saturated heterocycles. The summed E-state index contributed by atoms with van der Waals surface area (Å²) in [5.74, 6) is -17.3. The molecule has 0 aliphatic heterocycles. The standard InChI is InChI=1S/C28H22ClF6N5O5.C25H21ClFN5O5.C3H3F5O/c29-18-10-11-21(30)20(12-18)17-8-6-16(7-9-17)13-39(14-22(41)25(43)45-15-27(31,32)28(33,34)35)38-24(42)23-36-26(44)40(37-23)19-4-2-1-3-5-19;26-17-10-11-20(27)19(12-17)16-8-6-15(7-9-16)13-31(14-21(33)24(35)36)30-23(34)22-28-25(37)32(29-22)18-4-2-1-3-5-18;4-2(5,1-9)3(6,7)8/h1-12,22,41H,13-15H2,(H,38,42)(H,36,37,44);1-12,21,33H,13-14H2,(H,30,34)(H,35,36)(H,28,29,37);9H,1H2/t22-;21-;/m11./s1. The summed E-state index contributed by atoms with van der Waals surface area (Å²) in [6.07, 6.45) is -15.8. The summed E-state index contributed by atoms with van der Waals surface area (Å²) in [6, 6.07) is 37.2. The maximum Gasteiger partial charge on any atom is 0.456 e. The average Bonchev–Trinajstić information content (AvgIpc) is 1.88. The second-order valence-electron chi connectivity index (χ2n) is 18.9. The number of aromatic nitrogens is 6. The SMILES string of the molecule is O=C(NN(Cc1ccc(-c2cc(Cl)ccc2F)cc1)C[C@@H](O)C(=O)O)c1nn(-c2ccccc2)c(=O)[nH]1.O=C(NN(Cc1ccc(-c2cc(Cl)ccc2F)cc1)C[C@@H](O)C(=O)OCC(F)(F)C(F)(F)F)c1nn(-c2ccccc2)c(=O)[nH]1.OCC(F)(F)C(F)(F)F. The molecule has 0 radical (unpaired) electrons. The van der Waals surface area contributed by atoms with Gasteiger partial charge >= 0.3 is 59.3 Å². The van der Waals surface area contributed by atoms with Crippen LogP contribution in [-0.4, -0.2) is 146 Å². The highest BCUT2D eigenvalue weighted by molar-refractivity contribution is 6.31. The van der Waals surface area contributed by atoms with Crippen molar-refractivity contribution in [2.24, 2.45) is 0 Å². The van der Waals surface area contributed by atoms with Crippen LogP contribution in [0.15, 0.2) is 155 Å². The van der Waals surface area contributed by atoms with Gasteiger partial charge in [-0.1, -0.05) is 108 Å². The summed E-state index contributed by atoms with van der Waals surface area (Å²) in [5, 5.41) is 47.4. The first kappa shape index (κ1) is 70.7. The number of alkyl halides is 10. The van der Waals surface area contributed by atoms with Crippen LogP contribution in [0.4, 0.5) is 52.7 Å². The van der Waals surface area contributed by atoms with E-state index in [1.54, 1.807) is 84.9 Å². The fraction of sp³-hybridized carbons (Fsp3) is 0.214. The van der Waals surface area contributed by atoms with E-state index >= 15 is 0 Å². The van der Waals surface area contributed by atoms with Gasteiger partial charge in [-0.3, -0.25) is 30.4 Å². The fourth-order valence-electron chi connectivity index (χ4n) is 7.49. The third kappa shape index (κ3) is 19.6. The van der Waals surface area contributed by atoms with Crippen molar-refractivity contribution in [3.8, 4) is 33.6 Å². The van der Waals surface area contributed by atoms with Crippen LogP contribution in [-0.2, 0) is 27.4 Å². The van der Waals surface area contributed by atoms with E-state index in [0.717, 1.165) is 14.4 Å². The normalized spacial score (nSPS) is 12.5. The van der Waals surface area contributed by atoms with Crippen molar-refractivity contribution >= 4 is 47.0 Å². The van der Waals surface area contributed by atoms with Gasteiger partial charge in [-0.15, -0.1) is 10.2 Å². The molecule has 8 rings (SSSR count). The summed E-state index contributed by atoms with van der Waals surface area (Å²) in [4.78, 5) is 78.4. The molecule has 35 heteroatoms. The largest absolute Gasteiger partial charge is 0.479 e. The van der Waals surface area contributed by atoms with Crippen LogP contribution >= 0.6 is 23.2 Å². The Morgan fingerprint density at radius 3 is 1.27 bits per heavy atom. The number of aromatic amines is 2. The van der Waals surface area contributed by atoms with Crippen LogP contribution < -0.4 is 22.2 Å². The lowest BCUT2D eigenvalue weighted by molar-refractivity contribution is -0.294. The first-order valence-electron chi connectivity index (χ1n) is 25.6. The van der Waals surface area contributed by atoms with Crippen LogP contribution in [0.1, 0.15) is 32.4 Å². The van der Waals surface area contributed by atoms with Gasteiger partial charge in [0.25, 0.3) is 0 Å². The van der Waals surface area contributed by atoms with E-state index in [2.05, 4.69) is 35.8 Å². The third-order valence-electron chi connectivity index (χ3n) is 12.1. The monoisotopic (exact) mass is 1330 g/mol. The maximum absolute atomic E-state index is 14.3. The molecule has 2 amide bonds. The molecule has 6 aromatic carbocycles. The molecule has 2 atom stereocenters. The van der Waals surface area contributed by atoms with Crippen molar-refractivity contribution in [1.29, 1.82) is 0 Å². The molecule has 91 heavy (non-hydrogen) atoms. The first-order valence-corrected chi connectivity index (χ1v) is 26.4. The number of amides is 2. The lowest BCUT2D eigenvalue weighted by Crippen LogP contribution is -2.48. The number of carbonyl (C=O) groups is 4. The van der Waals surface area contributed by atoms with Gasteiger partial charge in [0.15, 0.2) is 18.8 Å². The van der Waals surface area contributed by atoms with Crippen LogP contribution in [0.25, 0.3) is 33.6 Å². The zero-order valence-corrected chi connectivity index (χ0v) is 47.4. The zero-order valence-electron chi connectivity index (χ0n) is 45.9. The lowest BCUT2D eigenvalue weighted by Gasteiger charge is -2.25. The van der Waals surface area contributed by atoms with E-state index in [-0.39, 0.29) is 29.5 Å². The molecule has 0 bridgehead atoms. The van der Waals surface area contributed by atoms with Crippen molar-refractivity contribution < 1.29 is 97.0 Å². The summed E-state index contributed by atoms with van der Waals surface area (Å²) in [7, 11) is 0. The second kappa shape index (κ2) is 30.4. The van der Waals surface area contributed by atoms with E-state index in [9.17, 15) is 91.7 Å². The number of halogens is 14. The Labute approximate surface area is 513 Å². The highest BCUT2D eigenvalue weighted by Crippen LogP contribution is 2.36. The number of aliphatic hydroxyl groups is 3. The summed E-state index contributed by atoms with van der Waals surface area (Å²) in [6.45, 7) is -6.21. The van der Waals surface area contributed by atoms with Gasteiger partial charge in [-0.05, 0) is 82.9 Å². The third-order valence-corrected chi connectivity index (χ3v) is 12.6. The topological polar surface area (TPSA) is 290 Å². The van der Waals surface area contributed by atoms with Crippen molar-refractivity contribution in [3.05, 3.63) is 211 Å². The number of nitrogens with zero attached hydrogens (tertiary/aromatic N) is 6. The Hall–Kier alpha value is -9.38. The predicted octanol–water partition coefficient (Wildman–Crippen LogP) is 8.06. The number of aliphatic carboxylic acids is 1. The predicted molar refractivity (Wildman–Crippen MR) is 298 cm³/mol. The molecular formula is C56H46Cl2F12N10O11. The highest BCUT2D eigenvalue weighted by atomic mass is 35.5. The van der Waals surface area contributed by atoms with Gasteiger partial charge in [0.2, 0.25) is 11.6 Å². The van der Waals surface area contributed by atoms with E-state index in [4.69, 9.17) is 33.4 Å². The molecule has 0 spiro atoms. The quantitative estimate of drug-likeness (QED) is 0.0192. The highest BCUT2D eigenvalue weighted by Gasteiger charge is 2.59. The zero-order chi connectivity index (χ0) is 67.2. The molecule has 484 valence electrons. The van der Waals surface area contributed by atoms with Crippen LogP contribution in [0.5, 0.6) is 0 Å². The van der Waals surface area contributed by atoms with Crippen LogP contribution in [0.3, 0.4) is 0 Å². The Morgan fingerprint density at radius 2 is 0.934 bits per heavy atom. The van der Waals surface area contributed by atoms with E-state index in [1.807, 2.05) is 0 Å². The molecule has 0 aliphatic carbocycles. The molecule has 2 aromatic heterocycles. The van der Waals surface area contributed by atoms with Gasteiger partial charge in [-0.2, -0.15) is 53.3 Å². The molecule has 2 heterocycles.